The third kappa shape index (κ3) is 13.5. The highest BCUT2D eigenvalue weighted by molar-refractivity contribution is 5.72. The molecule has 0 aromatic rings. The van der Waals surface area contributed by atoms with Crippen LogP contribution in [0.1, 0.15) is 33.1 Å². The Kier molecular flexibility index (Phi) is 11.4. The highest BCUT2D eigenvalue weighted by Crippen LogP contribution is 2.09. The molecule has 2 fully saturated rings. The van der Waals surface area contributed by atoms with E-state index < -0.39 is 24.5 Å². The first-order valence-electron chi connectivity index (χ1n) is 10.0. The van der Waals surface area contributed by atoms with Crippen molar-refractivity contribution in [1.29, 1.82) is 0 Å². The predicted molar refractivity (Wildman–Crippen MR) is 98.0 cm³/mol. The van der Waals surface area contributed by atoms with E-state index in [1.54, 1.807) is 13.8 Å². The predicted octanol–water partition coefficient (Wildman–Crippen LogP) is 0.799. The van der Waals surface area contributed by atoms with Gasteiger partial charge in [-0.3, -0.25) is 9.59 Å². The van der Waals surface area contributed by atoms with E-state index in [4.69, 9.17) is 37.9 Å². The molecule has 0 radical (unpaired) electrons. The van der Waals surface area contributed by atoms with Crippen molar-refractivity contribution in [3.8, 4) is 0 Å². The van der Waals surface area contributed by atoms with Crippen molar-refractivity contribution in [3.05, 3.63) is 0 Å². The van der Waals surface area contributed by atoms with E-state index in [2.05, 4.69) is 0 Å². The van der Waals surface area contributed by atoms with Gasteiger partial charge >= 0.3 is 11.9 Å². The van der Waals surface area contributed by atoms with Crippen LogP contribution in [0.5, 0.6) is 0 Å². The second kappa shape index (κ2) is 13.8. The SMILES string of the molecule is CC(OCCOCC1CO1)OC(=O)CCCC(=O)OC(C)OCCOCC1CO1. The van der Waals surface area contributed by atoms with E-state index in [1.165, 1.54) is 0 Å². The molecule has 10 nitrogen and oxygen atoms in total. The number of rotatable bonds is 18. The number of hydrogen-bond acceptors (Lipinski definition) is 10. The average molecular weight is 420 g/mol. The van der Waals surface area contributed by atoms with Crippen LogP contribution in [0.25, 0.3) is 0 Å². The van der Waals surface area contributed by atoms with Gasteiger partial charge < -0.3 is 37.9 Å². The molecule has 2 aliphatic rings. The molecule has 0 aliphatic carbocycles. The zero-order valence-electron chi connectivity index (χ0n) is 17.2. The van der Waals surface area contributed by atoms with Crippen LogP contribution >= 0.6 is 0 Å². The Labute approximate surface area is 171 Å². The highest BCUT2D eigenvalue weighted by atomic mass is 16.7. The Bertz CT molecular complexity index is 436. The molecule has 0 bridgehead atoms. The van der Waals surface area contributed by atoms with Gasteiger partial charge in [-0.1, -0.05) is 0 Å². The number of ether oxygens (including phenoxy) is 8. The van der Waals surface area contributed by atoms with Gasteiger partial charge in [-0.2, -0.15) is 0 Å². The molecule has 0 saturated carbocycles. The second-order valence-electron chi connectivity index (χ2n) is 6.77. The summed E-state index contributed by atoms with van der Waals surface area (Å²) in [5.74, 6) is -0.864. The van der Waals surface area contributed by atoms with Crippen molar-refractivity contribution < 1.29 is 47.5 Å². The highest BCUT2D eigenvalue weighted by Gasteiger charge is 2.22. The molecule has 2 rings (SSSR count). The first-order chi connectivity index (χ1) is 14.0. The lowest BCUT2D eigenvalue weighted by Gasteiger charge is -2.15. The fourth-order valence-corrected chi connectivity index (χ4v) is 2.24. The summed E-state index contributed by atoms with van der Waals surface area (Å²) < 4.78 is 41.6. The molecule has 168 valence electrons. The Balaban J connectivity index is 1.37. The molecule has 0 N–H and O–H groups in total. The summed E-state index contributed by atoms with van der Waals surface area (Å²) >= 11 is 0. The zero-order valence-corrected chi connectivity index (χ0v) is 17.2. The van der Waals surface area contributed by atoms with Crippen LogP contribution in [0.3, 0.4) is 0 Å². The Morgan fingerprint density at radius 1 is 0.793 bits per heavy atom. The first kappa shape index (κ1) is 24.0. The standard InChI is InChI=1S/C19H32O10/c1-14(24-8-6-22-10-16-12-26-16)28-18(20)4-3-5-19(21)29-15(2)25-9-7-23-11-17-13-27-17/h14-17H,3-13H2,1-2H3. The van der Waals surface area contributed by atoms with Crippen LogP contribution in [0, 0.1) is 0 Å². The molecule has 4 atom stereocenters. The van der Waals surface area contributed by atoms with Gasteiger partial charge in [0.25, 0.3) is 0 Å². The van der Waals surface area contributed by atoms with Crippen molar-refractivity contribution in [3.63, 3.8) is 0 Å². The lowest BCUT2D eigenvalue weighted by atomic mass is 10.2. The maximum Gasteiger partial charge on any atom is 0.308 e. The van der Waals surface area contributed by atoms with Gasteiger partial charge in [0.15, 0.2) is 12.6 Å². The molecule has 2 saturated heterocycles. The van der Waals surface area contributed by atoms with Crippen molar-refractivity contribution in [2.45, 2.75) is 57.9 Å². The van der Waals surface area contributed by atoms with E-state index in [9.17, 15) is 9.59 Å². The third-order valence-electron chi connectivity index (χ3n) is 3.93. The van der Waals surface area contributed by atoms with Crippen LogP contribution in [0.15, 0.2) is 0 Å². The largest absolute Gasteiger partial charge is 0.436 e. The van der Waals surface area contributed by atoms with Crippen LogP contribution in [-0.2, 0) is 47.5 Å². The average Bonchev–Trinajstić information content (AvgIpc) is 3.56. The summed E-state index contributed by atoms with van der Waals surface area (Å²) in [6, 6.07) is 0. The molecule has 2 aliphatic heterocycles. The molecule has 0 aromatic carbocycles. The molecule has 29 heavy (non-hydrogen) atoms. The number of epoxide rings is 2. The smallest absolute Gasteiger partial charge is 0.308 e. The molecule has 10 heteroatoms. The van der Waals surface area contributed by atoms with Gasteiger partial charge in [0.2, 0.25) is 0 Å². The monoisotopic (exact) mass is 420 g/mol. The summed E-state index contributed by atoms with van der Waals surface area (Å²) in [4.78, 5) is 23.5. The first-order valence-corrected chi connectivity index (χ1v) is 10.0. The van der Waals surface area contributed by atoms with Gasteiger partial charge in [0, 0.05) is 12.8 Å². The Morgan fingerprint density at radius 3 is 1.59 bits per heavy atom. The summed E-state index contributed by atoms with van der Waals surface area (Å²) in [7, 11) is 0. The third-order valence-corrected chi connectivity index (χ3v) is 3.93. The Morgan fingerprint density at radius 2 is 1.21 bits per heavy atom. The lowest BCUT2D eigenvalue weighted by Crippen LogP contribution is -2.22. The molecular formula is C19H32O10. The van der Waals surface area contributed by atoms with Crippen LogP contribution in [0.4, 0.5) is 0 Å². The minimum absolute atomic E-state index is 0.102. The maximum atomic E-state index is 11.7. The quantitative estimate of drug-likeness (QED) is 0.136. The van der Waals surface area contributed by atoms with Crippen molar-refractivity contribution in [1.82, 2.24) is 0 Å². The van der Waals surface area contributed by atoms with Gasteiger partial charge in [-0.25, -0.2) is 0 Å². The van der Waals surface area contributed by atoms with Crippen molar-refractivity contribution in [2.75, 3.05) is 52.9 Å². The van der Waals surface area contributed by atoms with Crippen LogP contribution in [0.2, 0.25) is 0 Å². The van der Waals surface area contributed by atoms with E-state index in [-0.39, 0.29) is 25.0 Å². The lowest BCUT2D eigenvalue weighted by molar-refractivity contribution is -0.178. The number of hydrogen-bond donors (Lipinski definition) is 0. The van der Waals surface area contributed by atoms with E-state index in [1.807, 2.05) is 0 Å². The van der Waals surface area contributed by atoms with Crippen LogP contribution < -0.4 is 0 Å². The molecule has 4 unspecified atom stereocenters. The van der Waals surface area contributed by atoms with Gasteiger partial charge in [0.05, 0.1) is 52.9 Å². The fraction of sp³-hybridized carbons (Fsp3) is 0.895. The minimum Gasteiger partial charge on any atom is -0.436 e. The molecule has 0 spiro atoms. The topological polar surface area (TPSA) is 115 Å². The number of esters is 2. The molecule has 0 amide bonds. The number of carbonyl (C=O) groups is 2. The number of carbonyl (C=O) groups excluding carboxylic acids is 2. The Hall–Kier alpha value is -1.30. The second-order valence-corrected chi connectivity index (χ2v) is 6.77. The zero-order chi connectivity index (χ0) is 20.9. The van der Waals surface area contributed by atoms with E-state index >= 15 is 0 Å². The molecular weight excluding hydrogens is 388 g/mol. The van der Waals surface area contributed by atoms with E-state index in [0.717, 1.165) is 13.2 Å². The van der Waals surface area contributed by atoms with Crippen LogP contribution in [-0.4, -0.2) is 89.6 Å². The van der Waals surface area contributed by atoms with Gasteiger partial charge in [-0.15, -0.1) is 0 Å². The summed E-state index contributed by atoms with van der Waals surface area (Å²) in [6.45, 7) is 7.36. The molecule has 2 heterocycles. The summed E-state index contributed by atoms with van der Waals surface area (Å²) in [6.07, 6.45) is -0.378. The van der Waals surface area contributed by atoms with Gasteiger partial charge in [-0.05, 0) is 20.3 Å². The summed E-state index contributed by atoms with van der Waals surface area (Å²) in [5.41, 5.74) is 0. The van der Waals surface area contributed by atoms with Crippen molar-refractivity contribution in [2.24, 2.45) is 0 Å². The maximum absolute atomic E-state index is 11.7. The summed E-state index contributed by atoms with van der Waals surface area (Å²) in [5, 5.41) is 0. The van der Waals surface area contributed by atoms with E-state index in [0.29, 0.717) is 46.1 Å². The van der Waals surface area contributed by atoms with Crippen molar-refractivity contribution >= 4 is 11.9 Å². The van der Waals surface area contributed by atoms with Gasteiger partial charge in [0.1, 0.15) is 12.2 Å². The fourth-order valence-electron chi connectivity index (χ4n) is 2.24. The normalized spacial score (nSPS) is 22.0. The molecule has 0 aromatic heterocycles. The minimum atomic E-state index is -0.669.